The summed E-state index contributed by atoms with van der Waals surface area (Å²) in [5.74, 6) is 0.479. The zero-order valence-electron chi connectivity index (χ0n) is 12.8. The highest BCUT2D eigenvalue weighted by molar-refractivity contribution is 7.88. The summed E-state index contributed by atoms with van der Waals surface area (Å²) in [6, 6.07) is 7.52. The number of hydrogen-bond donors (Lipinski definition) is 0. The predicted octanol–water partition coefficient (Wildman–Crippen LogP) is 3.77. The van der Waals surface area contributed by atoms with E-state index in [0.29, 0.717) is 24.4 Å². The number of halogens is 1. The van der Waals surface area contributed by atoms with Crippen LogP contribution >= 0.6 is 11.6 Å². The van der Waals surface area contributed by atoms with Gasteiger partial charge in [0.15, 0.2) is 0 Å². The fourth-order valence-corrected chi connectivity index (χ4v) is 4.45. The molecule has 1 aromatic carbocycles. The lowest BCUT2D eigenvalue weighted by atomic mass is 9.79. The minimum Gasteiger partial charge on any atom is -0.212 e. The third-order valence-corrected chi connectivity index (χ3v) is 6.83. The maximum Gasteiger partial charge on any atom is 0.218 e. The molecule has 1 heterocycles. The van der Waals surface area contributed by atoms with Crippen molar-refractivity contribution in [1.82, 2.24) is 4.31 Å². The van der Waals surface area contributed by atoms with Gasteiger partial charge in [0.05, 0.1) is 5.75 Å². The largest absolute Gasteiger partial charge is 0.218 e. The van der Waals surface area contributed by atoms with Gasteiger partial charge in [-0.25, -0.2) is 12.7 Å². The van der Waals surface area contributed by atoms with E-state index in [4.69, 9.17) is 11.6 Å². The zero-order valence-corrected chi connectivity index (χ0v) is 14.4. The van der Waals surface area contributed by atoms with Crippen molar-refractivity contribution in [3.8, 4) is 0 Å². The Bertz CT molecular complexity index is 578. The van der Waals surface area contributed by atoms with Crippen LogP contribution in [0.15, 0.2) is 24.3 Å². The SMILES string of the molecule is CCC1(C)CCN(S(=O)(=O)Cc2cccc(CCl)c2)CC1. The van der Waals surface area contributed by atoms with Crippen LogP contribution in [-0.4, -0.2) is 25.8 Å². The molecule has 3 nitrogen and oxygen atoms in total. The van der Waals surface area contributed by atoms with E-state index in [1.165, 1.54) is 0 Å². The predicted molar refractivity (Wildman–Crippen MR) is 87.8 cm³/mol. The number of sulfonamides is 1. The van der Waals surface area contributed by atoms with Crippen molar-refractivity contribution in [1.29, 1.82) is 0 Å². The van der Waals surface area contributed by atoms with E-state index >= 15 is 0 Å². The molecule has 0 saturated carbocycles. The van der Waals surface area contributed by atoms with Crippen LogP contribution in [0.2, 0.25) is 0 Å². The Balaban J connectivity index is 2.05. The summed E-state index contributed by atoms with van der Waals surface area (Å²) in [5, 5.41) is 0. The first-order chi connectivity index (χ1) is 9.88. The smallest absolute Gasteiger partial charge is 0.212 e. The van der Waals surface area contributed by atoms with Crippen molar-refractivity contribution < 1.29 is 8.42 Å². The Hall–Kier alpha value is -0.580. The van der Waals surface area contributed by atoms with Gasteiger partial charge in [-0.05, 0) is 29.4 Å². The maximum absolute atomic E-state index is 12.5. The number of piperidine rings is 1. The van der Waals surface area contributed by atoms with E-state index in [2.05, 4.69) is 13.8 Å². The summed E-state index contributed by atoms with van der Waals surface area (Å²) < 4.78 is 26.7. The van der Waals surface area contributed by atoms with Crippen molar-refractivity contribution in [3.63, 3.8) is 0 Å². The lowest BCUT2D eigenvalue weighted by Gasteiger charge is -2.38. The molecule has 2 rings (SSSR count). The normalized spacial score (nSPS) is 19.6. The van der Waals surface area contributed by atoms with Gasteiger partial charge in [0.1, 0.15) is 0 Å². The van der Waals surface area contributed by atoms with Crippen molar-refractivity contribution in [2.75, 3.05) is 13.1 Å². The van der Waals surface area contributed by atoms with E-state index in [-0.39, 0.29) is 5.75 Å². The summed E-state index contributed by atoms with van der Waals surface area (Å²) in [6.45, 7) is 5.71. The molecule has 21 heavy (non-hydrogen) atoms. The maximum atomic E-state index is 12.5. The van der Waals surface area contributed by atoms with Crippen molar-refractivity contribution in [2.45, 2.75) is 44.7 Å². The van der Waals surface area contributed by atoms with E-state index in [0.717, 1.165) is 30.4 Å². The van der Waals surface area contributed by atoms with Crippen LogP contribution in [0.25, 0.3) is 0 Å². The Kier molecular flexibility index (Phi) is 5.33. The molecule has 0 amide bonds. The van der Waals surface area contributed by atoms with Gasteiger partial charge in [0.25, 0.3) is 0 Å². The van der Waals surface area contributed by atoms with Crippen LogP contribution in [0, 0.1) is 5.41 Å². The van der Waals surface area contributed by atoms with Crippen LogP contribution < -0.4 is 0 Å². The molecule has 0 unspecified atom stereocenters. The monoisotopic (exact) mass is 329 g/mol. The summed E-state index contributed by atoms with van der Waals surface area (Å²) in [7, 11) is -3.23. The second-order valence-electron chi connectivity index (χ2n) is 6.27. The molecule has 0 radical (unpaired) electrons. The van der Waals surface area contributed by atoms with Crippen molar-refractivity contribution >= 4 is 21.6 Å². The fourth-order valence-electron chi connectivity index (χ4n) is 2.76. The van der Waals surface area contributed by atoms with Gasteiger partial charge in [0.2, 0.25) is 10.0 Å². The van der Waals surface area contributed by atoms with E-state index in [9.17, 15) is 8.42 Å². The van der Waals surface area contributed by atoms with Gasteiger partial charge in [-0.2, -0.15) is 0 Å². The molecule has 1 saturated heterocycles. The molecule has 0 N–H and O–H groups in total. The molecular formula is C16H24ClNO2S. The quantitative estimate of drug-likeness (QED) is 0.771. The number of rotatable bonds is 5. The molecule has 0 aliphatic carbocycles. The number of benzene rings is 1. The second kappa shape index (κ2) is 6.67. The summed E-state index contributed by atoms with van der Waals surface area (Å²) in [4.78, 5) is 0. The van der Waals surface area contributed by atoms with Crippen LogP contribution in [-0.2, 0) is 21.7 Å². The van der Waals surface area contributed by atoms with Gasteiger partial charge in [-0.3, -0.25) is 0 Å². The molecule has 5 heteroatoms. The lowest BCUT2D eigenvalue weighted by Crippen LogP contribution is -2.42. The highest BCUT2D eigenvalue weighted by Crippen LogP contribution is 2.35. The van der Waals surface area contributed by atoms with E-state index < -0.39 is 10.0 Å². The van der Waals surface area contributed by atoms with E-state index in [1.807, 2.05) is 24.3 Å². The lowest BCUT2D eigenvalue weighted by molar-refractivity contribution is 0.169. The molecule has 0 aromatic heterocycles. The van der Waals surface area contributed by atoms with Crippen LogP contribution in [0.5, 0.6) is 0 Å². The Morgan fingerprint density at radius 1 is 1.24 bits per heavy atom. The molecule has 0 atom stereocenters. The Labute approximate surface area is 133 Å². The first-order valence-corrected chi connectivity index (χ1v) is 9.64. The molecule has 1 aliphatic rings. The van der Waals surface area contributed by atoms with Gasteiger partial charge in [-0.1, -0.05) is 44.5 Å². The molecule has 1 fully saturated rings. The minimum absolute atomic E-state index is 0.0700. The highest BCUT2D eigenvalue weighted by atomic mass is 35.5. The highest BCUT2D eigenvalue weighted by Gasteiger charge is 2.33. The Morgan fingerprint density at radius 2 is 1.86 bits per heavy atom. The number of alkyl halides is 1. The first kappa shape index (κ1) is 16.8. The van der Waals surface area contributed by atoms with Gasteiger partial charge >= 0.3 is 0 Å². The van der Waals surface area contributed by atoms with Crippen LogP contribution in [0.1, 0.15) is 44.2 Å². The molecule has 1 aliphatic heterocycles. The summed E-state index contributed by atoms with van der Waals surface area (Å²) >= 11 is 5.81. The molecule has 118 valence electrons. The Morgan fingerprint density at radius 3 is 2.43 bits per heavy atom. The second-order valence-corrected chi connectivity index (χ2v) is 8.51. The third kappa shape index (κ3) is 4.21. The summed E-state index contributed by atoms with van der Waals surface area (Å²) in [5.41, 5.74) is 2.07. The van der Waals surface area contributed by atoms with Gasteiger partial charge in [0, 0.05) is 19.0 Å². The zero-order chi connectivity index (χ0) is 15.5. The third-order valence-electron chi connectivity index (χ3n) is 4.67. The molecular weight excluding hydrogens is 306 g/mol. The molecule has 0 spiro atoms. The average molecular weight is 330 g/mol. The number of nitrogens with zero attached hydrogens (tertiary/aromatic N) is 1. The van der Waals surface area contributed by atoms with Crippen LogP contribution in [0.4, 0.5) is 0 Å². The fraction of sp³-hybridized carbons (Fsp3) is 0.625. The van der Waals surface area contributed by atoms with E-state index in [1.54, 1.807) is 4.31 Å². The van der Waals surface area contributed by atoms with Crippen molar-refractivity contribution in [3.05, 3.63) is 35.4 Å². The number of hydrogen-bond acceptors (Lipinski definition) is 2. The minimum atomic E-state index is -3.23. The topological polar surface area (TPSA) is 37.4 Å². The standard InChI is InChI=1S/C16H24ClNO2S/c1-3-16(2)7-9-18(10-8-16)21(19,20)13-15-6-4-5-14(11-15)12-17/h4-6,11H,3,7-10,12-13H2,1-2H3. The van der Waals surface area contributed by atoms with Gasteiger partial charge < -0.3 is 0 Å². The summed E-state index contributed by atoms with van der Waals surface area (Å²) in [6.07, 6.45) is 3.01. The van der Waals surface area contributed by atoms with Crippen LogP contribution in [0.3, 0.4) is 0 Å². The molecule has 1 aromatic rings. The first-order valence-electron chi connectivity index (χ1n) is 7.50. The molecule has 0 bridgehead atoms. The van der Waals surface area contributed by atoms with Crippen molar-refractivity contribution in [2.24, 2.45) is 5.41 Å². The van der Waals surface area contributed by atoms with Gasteiger partial charge in [-0.15, -0.1) is 11.6 Å². The average Bonchev–Trinajstić information content (AvgIpc) is 2.47.